The summed E-state index contributed by atoms with van der Waals surface area (Å²) in [6.07, 6.45) is 1.78. The highest BCUT2D eigenvalue weighted by Crippen LogP contribution is 2.28. The molecule has 2 rings (SSSR count). The first-order valence-electron chi connectivity index (χ1n) is 7.42. The lowest BCUT2D eigenvalue weighted by Crippen LogP contribution is -2.34. The van der Waals surface area contributed by atoms with Crippen molar-refractivity contribution in [2.45, 2.75) is 43.6 Å². The van der Waals surface area contributed by atoms with Gasteiger partial charge in [0, 0.05) is 19.6 Å². The lowest BCUT2D eigenvalue weighted by molar-refractivity contribution is 0.0465. The average Bonchev–Trinajstić information content (AvgIpc) is 2.61. The van der Waals surface area contributed by atoms with Gasteiger partial charge in [0.25, 0.3) is 0 Å². The van der Waals surface area contributed by atoms with Crippen LogP contribution in [0.25, 0.3) is 0 Å². The first kappa shape index (κ1) is 16.3. The van der Waals surface area contributed by atoms with Gasteiger partial charge < -0.3 is 10.4 Å². The summed E-state index contributed by atoms with van der Waals surface area (Å²) in [5, 5.41) is 13.2. The van der Waals surface area contributed by atoms with Gasteiger partial charge >= 0.3 is 0 Å². The number of nitrogens with zero attached hydrogens (tertiary/aromatic N) is 1. The minimum absolute atomic E-state index is 0.313. The highest BCUT2D eigenvalue weighted by Gasteiger charge is 2.32. The summed E-state index contributed by atoms with van der Waals surface area (Å²) in [6.45, 7) is 5.19. The molecule has 1 saturated heterocycles. The average molecular weight is 312 g/mol. The lowest BCUT2D eigenvalue weighted by Gasteiger charge is -2.23. The predicted octanol–water partition coefficient (Wildman–Crippen LogP) is 2.04. The van der Waals surface area contributed by atoms with Gasteiger partial charge in [0.15, 0.2) is 0 Å². The van der Waals surface area contributed by atoms with E-state index in [1.807, 2.05) is 13.0 Å². The summed E-state index contributed by atoms with van der Waals surface area (Å²) < 4.78 is 27.2. The Morgan fingerprint density at radius 2 is 2.00 bits per heavy atom. The van der Waals surface area contributed by atoms with Gasteiger partial charge in [-0.25, -0.2) is 8.42 Å². The van der Waals surface area contributed by atoms with Gasteiger partial charge in [-0.1, -0.05) is 12.1 Å². The van der Waals surface area contributed by atoms with Crippen molar-refractivity contribution in [1.29, 1.82) is 0 Å². The zero-order chi connectivity index (χ0) is 15.5. The van der Waals surface area contributed by atoms with Crippen molar-refractivity contribution >= 4 is 15.7 Å². The van der Waals surface area contributed by atoms with Crippen molar-refractivity contribution in [3.63, 3.8) is 0 Å². The van der Waals surface area contributed by atoms with Crippen LogP contribution in [0.15, 0.2) is 29.2 Å². The van der Waals surface area contributed by atoms with E-state index in [-0.39, 0.29) is 0 Å². The Bertz CT molecular complexity index is 584. The molecule has 1 aliphatic heterocycles. The fraction of sp³-hybridized carbons (Fsp3) is 0.600. The molecule has 0 radical (unpaired) electrons. The second-order valence-corrected chi connectivity index (χ2v) is 7.69. The van der Waals surface area contributed by atoms with E-state index in [9.17, 15) is 13.5 Å². The molecule has 21 heavy (non-hydrogen) atoms. The minimum atomic E-state index is -3.53. The molecule has 1 fully saturated rings. The van der Waals surface area contributed by atoms with Gasteiger partial charge in [0.1, 0.15) is 4.90 Å². The van der Waals surface area contributed by atoms with E-state index in [1.54, 1.807) is 25.1 Å². The zero-order valence-electron chi connectivity index (χ0n) is 12.7. The van der Waals surface area contributed by atoms with E-state index >= 15 is 0 Å². The van der Waals surface area contributed by atoms with Crippen LogP contribution in [0.3, 0.4) is 0 Å². The van der Waals surface area contributed by atoms with E-state index in [1.165, 1.54) is 4.31 Å². The molecular formula is C15H24N2O3S. The fourth-order valence-electron chi connectivity index (χ4n) is 2.65. The Hall–Kier alpha value is -1.11. The molecule has 1 atom stereocenters. The number of sulfonamides is 1. The summed E-state index contributed by atoms with van der Waals surface area (Å²) in [4.78, 5) is 0.313. The molecule has 1 aromatic carbocycles. The Morgan fingerprint density at radius 3 is 2.71 bits per heavy atom. The van der Waals surface area contributed by atoms with Crippen LogP contribution >= 0.6 is 0 Å². The fourth-order valence-corrected chi connectivity index (χ4v) is 4.29. The van der Waals surface area contributed by atoms with Crippen LogP contribution < -0.4 is 5.32 Å². The topological polar surface area (TPSA) is 69.6 Å². The molecule has 0 spiro atoms. The number of aliphatic hydroxyl groups is 1. The van der Waals surface area contributed by atoms with Gasteiger partial charge in [-0.2, -0.15) is 4.31 Å². The van der Waals surface area contributed by atoms with Crippen molar-refractivity contribution < 1.29 is 13.5 Å². The molecule has 0 bridgehead atoms. The standard InChI is InChI=1S/C15H24N2O3S/c1-3-16-13-7-4-5-8-14(13)21(19,20)17-11-6-9-15(2,18)10-12-17/h4-5,7-8,16,18H,3,6,9-12H2,1-2H3. The van der Waals surface area contributed by atoms with Gasteiger partial charge in [0.2, 0.25) is 10.0 Å². The molecule has 1 heterocycles. The molecule has 0 aromatic heterocycles. The molecule has 6 heteroatoms. The Morgan fingerprint density at radius 1 is 1.29 bits per heavy atom. The van der Waals surface area contributed by atoms with E-state index in [2.05, 4.69) is 5.32 Å². The summed E-state index contributed by atoms with van der Waals surface area (Å²) in [7, 11) is -3.53. The van der Waals surface area contributed by atoms with Crippen molar-refractivity contribution in [2.24, 2.45) is 0 Å². The number of hydrogen-bond donors (Lipinski definition) is 2. The number of para-hydroxylation sites is 1. The summed E-state index contributed by atoms with van der Waals surface area (Å²) in [5.41, 5.74) is -0.137. The van der Waals surface area contributed by atoms with Crippen LogP contribution in [0.1, 0.15) is 33.1 Å². The number of rotatable bonds is 4. The van der Waals surface area contributed by atoms with Crippen molar-refractivity contribution in [1.82, 2.24) is 4.31 Å². The minimum Gasteiger partial charge on any atom is -0.390 e. The first-order valence-corrected chi connectivity index (χ1v) is 8.86. The predicted molar refractivity (Wildman–Crippen MR) is 83.8 cm³/mol. The molecular weight excluding hydrogens is 288 g/mol. The van der Waals surface area contributed by atoms with Gasteiger partial charge in [-0.3, -0.25) is 0 Å². The normalized spacial score (nSPS) is 24.5. The Kier molecular flexibility index (Phi) is 4.91. The van der Waals surface area contributed by atoms with Crippen LogP contribution in [-0.4, -0.2) is 43.1 Å². The van der Waals surface area contributed by atoms with Gasteiger partial charge in [-0.15, -0.1) is 0 Å². The maximum absolute atomic E-state index is 12.9. The SMILES string of the molecule is CCNc1ccccc1S(=O)(=O)N1CCCC(C)(O)CC1. The summed E-state index contributed by atoms with van der Waals surface area (Å²) in [6, 6.07) is 6.98. The monoisotopic (exact) mass is 312 g/mol. The summed E-state index contributed by atoms with van der Waals surface area (Å²) in [5.74, 6) is 0. The molecule has 0 aliphatic carbocycles. The van der Waals surface area contributed by atoms with E-state index < -0.39 is 15.6 Å². The second kappa shape index (κ2) is 6.34. The maximum Gasteiger partial charge on any atom is 0.245 e. The number of anilines is 1. The highest BCUT2D eigenvalue weighted by atomic mass is 32.2. The number of nitrogens with one attached hydrogen (secondary N) is 1. The van der Waals surface area contributed by atoms with Crippen molar-refractivity contribution in [3.8, 4) is 0 Å². The Balaban J connectivity index is 2.30. The van der Waals surface area contributed by atoms with Crippen LogP contribution in [0.2, 0.25) is 0 Å². The van der Waals surface area contributed by atoms with Gasteiger partial charge in [0.05, 0.1) is 11.3 Å². The van der Waals surface area contributed by atoms with E-state index in [0.29, 0.717) is 49.5 Å². The molecule has 5 nitrogen and oxygen atoms in total. The second-order valence-electron chi connectivity index (χ2n) is 5.78. The molecule has 0 saturated carbocycles. The molecule has 1 aliphatic rings. The highest BCUT2D eigenvalue weighted by molar-refractivity contribution is 7.89. The molecule has 2 N–H and O–H groups in total. The smallest absolute Gasteiger partial charge is 0.245 e. The molecule has 118 valence electrons. The number of hydrogen-bond acceptors (Lipinski definition) is 4. The van der Waals surface area contributed by atoms with Crippen LogP contribution in [0.5, 0.6) is 0 Å². The quantitative estimate of drug-likeness (QED) is 0.893. The first-order chi connectivity index (χ1) is 9.87. The van der Waals surface area contributed by atoms with Crippen molar-refractivity contribution in [2.75, 3.05) is 25.0 Å². The third-order valence-corrected chi connectivity index (χ3v) is 5.85. The largest absolute Gasteiger partial charge is 0.390 e. The van der Waals surface area contributed by atoms with E-state index in [0.717, 1.165) is 0 Å². The van der Waals surface area contributed by atoms with E-state index in [4.69, 9.17) is 0 Å². The zero-order valence-corrected chi connectivity index (χ0v) is 13.5. The lowest BCUT2D eigenvalue weighted by atomic mass is 9.98. The van der Waals surface area contributed by atoms with Crippen LogP contribution in [-0.2, 0) is 10.0 Å². The Labute approximate surface area is 127 Å². The molecule has 1 aromatic rings. The third kappa shape index (κ3) is 3.75. The van der Waals surface area contributed by atoms with Crippen molar-refractivity contribution in [3.05, 3.63) is 24.3 Å². The van der Waals surface area contributed by atoms with Crippen LogP contribution in [0, 0.1) is 0 Å². The number of benzene rings is 1. The van der Waals surface area contributed by atoms with Crippen LogP contribution in [0.4, 0.5) is 5.69 Å². The maximum atomic E-state index is 12.9. The molecule has 1 unspecified atom stereocenters. The summed E-state index contributed by atoms with van der Waals surface area (Å²) >= 11 is 0. The molecule has 0 amide bonds. The third-order valence-electron chi connectivity index (χ3n) is 3.89. The van der Waals surface area contributed by atoms with Gasteiger partial charge in [-0.05, 0) is 45.2 Å².